The average Bonchev–Trinajstić information content (AvgIpc) is 2.88. The standard InChI is InChI=1S/C16H13NOS/c1-18-13-9-6-12(7-10-13)8-11-16-17-14-4-2-3-5-15(14)19-16/h2-11H,1H3/b11-8-. The van der Waals surface area contributed by atoms with Gasteiger partial charge in [-0.2, -0.15) is 0 Å². The van der Waals surface area contributed by atoms with Crippen LogP contribution in [0.15, 0.2) is 48.5 Å². The van der Waals surface area contributed by atoms with Gasteiger partial charge in [0.25, 0.3) is 0 Å². The Morgan fingerprint density at radius 3 is 2.53 bits per heavy atom. The zero-order valence-electron chi connectivity index (χ0n) is 10.5. The molecule has 0 bridgehead atoms. The van der Waals surface area contributed by atoms with Gasteiger partial charge in [-0.15, -0.1) is 11.3 Å². The highest BCUT2D eigenvalue weighted by Crippen LogP contribution is 2.23. The van der Waals surface area contributed by atoms with Gasteiger partial charge in [0.2, 0.25) is 0 Å². The van der Waals surface area contributed by atoms with Crippen LogP contribution in [-0.4, -0.2) is 12.1 Å². The number of rotatable bonds is 3. The van der Waals surface area contributed by atoms with E-state index < -0.39 is 0 Å². The molecule has 0 aliphatic heterocycles. The molecule has 0 unspecified atom stereocenters. The molecule has 3 heteroatoms. The molecule has 3 aromatic rings. The molecule has 1 aromatic heterocycles. The Hall–Kier alpha value is -2.13. The summed E-state index contributed by atoms with van der Waals surface area (Å²) in [7, 11) is 1.67. The number of hydrogen-bond acceptors (Lipinski definition) is 3. The van der Waals surface area contributed by atoms with Gasteiger partial charge in [-0.25, -0.2) is 4.98 Å². The fourth-order valence-electron chi connectivity index (χ4n) is 1.84. The lowest BCUT2D eigenvalue weighted by Gasteiger charge is -1.98. The van der Waals surface area contributed by atoms with Gasteiger partial charge >= 0.3 is 0 Å². The normalized spacial score (nSPS) is 11.2. The maximum absolute atomic E-state index is 5.14. The van der Waals surface area contributed by atoms with Crippen molar-refractivity contribution in [3.05, 3.63) is 59.1 Å². The Kier molecular flexibility index (Phi) is 3.29. The van der Waals surface area contributed by atoms with Crippen LogP contribution in [0.2, 0.25) is 0 Å². The van der Waals surface area contributed by atoms with Crippen molar-refractivity contribution < 1.29 is 4.74 Å². The van der Waals surface area contributed by atoms with E-state index in [2.05, 4.69) is 17.1 Å². The Morgan fingerprint density at radius 1 is 1.00 bits per heavy atom. The molecule has 94 valence electrons. The Bertz CT molecular complexity index is 680. The van der Waals surface area contributed by atoms with Crippen molar-refractivity contribution in [1.82, 2.24) is 4.98 Å². The highest BCUT2D eigenvalue weighted by atomic mass is 32.1. The van der Waals surface area contributed by atoms with Gasteiger partial charge in [-0.1, -0.05) is 30.3 Å². The number of benzene rings is 2. The van der Waals surface area contributed by atoms with Crippen molar-refractivity contribution >= 4 is 33.7 Å². The van der Waals surface area contributed by atoms with Crippen molar-refractivity contribution in [1.29, 1.82) is 0 Å². The van der Waals surface area contributed by atoms with Crippen LogP contribution < -0.4 is 4.74 Å². The third-order valence-electron chi connectivity index (χ3n) is 2.84. The number of para-hydroxylation sites is 1. The van der Waals surface area contributed by atoms with Gasteiger partial charge in [0.15, 0.2) is 0 Å². The Balaban J connectivity index is 1.84. The van der Waals surface area contributed by atoms with Crippen LogP contribution in [0.4, 0.5) is 0 Å². The van der Waals surface area contributed by atoms with Crippen LogP contribution >= 0.6 is 11.3 Å². The number of hydrogen-bond donors (Lipinski definition) is 0. The summed E-state index contributed by atoms with van der Waals surface area (Å²) < 4.78 is 6.36. The van der Waals surface area contributed by atoms with Crippen molar-refractivity contribution in [2.75, 3.05) is 7.11 Å². The Morgan fingerprint density at radius 2 is 1.79 bits per heavy atom. The van der Waals surface area contributed by atoms with Crippen LogP contribution in [0.25, 0.3) is 22.4 Å². The summed E-state index contributed by atoms with van der Waals surface area (Å²) >= 11 is 1.70. The monoisotopic (exact) mass is 267 g/mol. The third kappa shape index (κ3) is 2.66. The lowest BCUT2D eigenvalue weighted by atomic mass is 10.2. The second-order valence-corrected chi connectivity index (χ2v) is 5.19. The van der Waals surface area contributed by atoms with Gasteiger partial charge in [-0.3, -0.25) is 0 Å². The third-order valence-corrected chi connectivity index (χ3v) is 3.85. The van der Waals surface area contributed by atoms with E-state index in [0.717, 1.165) is 21.8 Å². The molecule has 0 aliphatic rings. The van der Waals surface area contributed by atoms with Gasteiger partial charge in [-0.05, 0) is 35.9 Å². The smallest absolute Gasteiger partial charge is 0.118 e. The molecule has 2 aromatic carbocycles. The molecule has 3 rings (SSSR count). The molecular weight excluding hydrogens is 254 g/mol. The second-order valence-electron chi connectivity index (χ2n) is 4.13. The number of methoxy groups -OCH3 is 1. The topological polar surface area (TPSA) is 22.1 Å². The summed E-state index contributed by atoms with van der Waals surface area (Å²) in [6.45, 7) is 0. The second kappa shape index (κ2) is 5.24. The molecule has 0 atom stereocenters. The number of fused-ring (bicyclic) bond motifs is 1. The summed E-state index contributed by atoms with van der Waals surface area (Å²) in [4.78, 5) is 4.57. The first kappa shape index (κ1) is 11.9. The molecule has 0 N–H and O–H groups in total. The first-order valence-corrected chi connectivity index (χ1v) is 6.84. The number of thiazole rings is 1. The molecule has 0 spiro atoms. The number of ether oxygens (including phenoxy) is 1. The number of aromatic nitrogens is 1. The minimum atomic E-state index is 0.872. The number of nitrogens with zero attached hydrogens (tertiary/aromatic N) is 1. The zero-order valence-corrected chi connectivity index (χ0v) is 11.4. The van der Waals surface area contributed by atoms with Crippen molar-refractivity contribution in [3.63, 3.8) is 0 Å². The molecule has 0 fully saturated rings. The largest absolute Gasteiger partial charge is 0.497 e. The molecular formula is C16H13NOS. The predicted octanol–water partition coefficient (Wildman–Crippen LogP) is 4.48. The van der Waals surface area contributed by atoms with E-state index >= 15 is 0 Å². The van der Waals surface area contributed by atoms with E-state index in [0.29, 0.717) is 0 Å². The maximum atomic E-state index is 5.14. The van der Waals surface area contributed by atoms with Crippen molar-refractivity contribution in [2.24, 2.45) is 0 Å². The molecule has 0 radical (unpaired) electrons. The molecule has 1 heterocycles. The predicted molar refractivity (Wildman–Crippen MR) is 81.5 cm³/mol. The highest BCUT2D eigenvalue weighted by Gasteiger charge is 1.99. The first-order chi connectivity index (χ1) is 9.35. The zero-order chi connectivity index (χ0) is 13.1. The lowest BCUT2D eigenvalue weighted by molar-refractivity contribution is 0.415. The average molecular weight is 267 g/mol. The van der Waals surface area contributed by atoms with Crippen LogP contribution in [0.3, 0.4) is 0 Å². The molecule has 19 heavy (non-hydrogen) atoms. The summed E-state index contributed by atoms with van der Waals surface area (Å²) in [5.74, 6) is 0.872. The van der Waals surface area contributed by atoms with E-state index in [1.54, 1.807) is 18.4 Å². The van der Waals surface area contributed by atoms with E-state index in [9.17, 15) is 0 Å². The van der Waals surface area contributed by atoms with Crippen LogP contribution in [0.5, 0.6) is 5.75 Å². The van der Waals surface area contributed by atoms with E-state index in [1.807, 2.05) is 48.5 Å². The molecule has 0 amide bonds. The summed E-state index contributed by atoms with van der Waals surface area (Å²) in [6.07, 6.45) is 4.11. The first-order valence-electron chi connectivity index (χ1n) is 6.03. The molecule has 0 saturated heterocycles. The lowest BCUT2D eigenvalue weighted by Crippen LogP contribution is -1.81. The van der Waals surface area contributed by atoms with Gasteiger partial charge in [0, 0.05) is 0 Å². The van der Waals surface area contributed by atoms with E-state index in [-0.39, 0.29) is 0 Å². The molecule has 0 aliphatic carbocycles. The molecule has 0 saturated carbocycles. The summed E-state index contributed by atoms with van der Waals surface area (Å²) in [5.41, 5.74) is 2.20. The van der Waals surface area contributed by atoms with Crippen LogP contribution in [0.1, 0.15) is 10.6 Å². The summed E-state index contributed by atoms with van der Waals surface area (Å²) in [6, 6.07) is 16.2. The minimum Gasteiger partial charge on any atom is -0.497 e. The van der Waals surface area contributed by atoms with Gasteiger partial charge < -0.3 is 4.74 Å². The fraction of sp³-hybridized carbons (Fsp3) is 0.0625. The Labute approximate surface area is 116 Å². The summed E-state index contributed by atoms with van der Waals surface area (Å²) in [5, 5.41) is 1.03. The fourth-order valence-corrected chi connectivity index (χ4v) is 2.71. The minimum absolute atomic E-state index is 0.872. The quantitative estimate of drug-likeness (QED) is 0.698. The highest BCUT2D eigenvalue weighted by molar-refractivity contribution is 7.19. The maximum Gasteiger partial charge on any atom is 0.118 e. The van der Waals surface area contributed by atoms with E-state index in [4.69, 9.17) is 4.74 Å². The SMILES string of the molecule is COc1ccc(/C=C\c2nc3ccccc3s2)cc1. The van der Waals surface area contributed by atoms with Gasteiger partial charge in [0.05, 0.1) is 17.3 Å². The van der Waals surface area contributed by atoms with Crippen molar-refractivity contribution in [3.8, 4) is 5.75 Å². The van der Waals surface area contributed by atoms with Gasteiger partial charge in [0.1, 0.15) is 10.8 Å². The van der Waals surface area contributed by atoms with Crippen LogP contribution in [-0.2, 0) is 0 Å². The van der Waals surface area contributed by atoms with Crippen molar-refractivity contribution in [2.45, 2.75) is 0 Å². The van der Waals surface area contributed by atoms with Crippen LogP contribution in [0, 0.1) is 0 Å². The molecule has 2 nitrogen and oxygen atoms in total. The van der Waals surface area contributed by atoms with E-state index in [1.165, 1.54) is 4.70 Å².